The Morgan fingerprint density at radius 2 is 1.57 bits per heavy atom. The summed E-state index contributed by atoms with van der Waals surface area (Å²) in [5, 5.41) is 11.4. The molecular formula is C26H46O3Si. The number of benzene rings is 1. The van der Waals surface area contributed by atoms with Gasteiger partial charge in [0.15, 0.2) is 8.32 Å². The number of ether oxygens (including phenoxy) is 1. The Labute approximate surface area is 186 Å². The quantitative estimate of drug-likeness (QED) is 0.260. The number of hydrogen-bond acceptors (Lipinski definition) is 3. The molecule has 4 heteroatoms. The van der Waals surface area contributed by atoms with Gasteiger partial charge in [-0.2, -0.15) is 0 Å². The van der Waals surface area contributed by atoms with E-state index in [0.29, 0.717) is 5.04 Å². The number of methoxy groups -OCH3 is 1. The van der Waals surface area contributed by atoms with Crippen molar-refractivity contribution < 1.29 is 14.3 Å². The Morgan fingerprint density at radius 3 is 2.17 bits per heavy atom. The van der Waals surface area contributed by atoms with Gasteiger partial charge in [0.25, 0.3) is 0 Å². The third kappa shape index (κ3) is 7.10. The van der Waals surface area contributed by atoms with Gasteiger partial charge in [0.05, 0.1) is 12.7 Å². The van der Waals surface area contributed by atoms with E-state index in [-0.39, 0.29) is 0 Å². The van der Waals surface area contributed by atoms with Gasteiger partial charge in [0.2, 0.25) is 0 Å². The molecule has 0 heterocycles. The zero-order chi connectivity index (χ0) is 22.3. The van der Waals surface area contributed by atoms with Gasteiger partial charge in [0, 0.05) is 6.61 Å². The van der Waals surface area contributed by atoms with Gasteiger partial charge in [-0.25, -0.2) is 0 Å². The largest absolute Gasteiger partial charge is 0.497 e. The highest BCUT2D eigenvalue weighted by Crippen LogP contribution is 2.42. The summed E-state index contributed by atoms with van der Waals surface area (Å²) < 4.78 is 11.6. The minimum atomic E-state index is -1.57. The van der Waals surface area contributed by atoms with Crippen LogP contribution >= 0.6 is 0 Å². The van der Waals surface area contributed by atoms with E-state index < -0.39 is 13.9 Å². The van der Waals surface area contributed by atoms with Crippen LogP contribution in [0.4, 0.5) is 0 Å². The predicted molar refractivity (Wildman–Crippen MR) is 130 cm³/mol. The number of fused-ring (bicyclic) bond motifs is 1. The van der Waals surface area contributed by atoms with Crippen LogP contribution in [0.15, 0.2) is 18.2 Å². The normalized spacial score (nSPS) is 19.2. The summed E-state index contributed by atoms with van der Waals surface area (Å²) >= 11 is 0. The van der Waals surface area contributed by atoms with Crippen LogP contribution in [0.3, 0.4) is 0 Å². The smallest absolute Gasteiger partial charge is 0.191 e. The van der Waals surface area contributed by atoms with E-state index in [2.05, 4.69) is 46.0 Å². The number of rotatable bonds is 13. The number of aryl methyl sites for hydroxylation is 1. The van der Waals surface area contributed by atoms with Crippen LogP contribution in [0.5, 0.6) is 5.75 Å². The van der Waals surface area contributed by atoms with Crippen molar-refractivity contribution >= 4 is 8.32 Å². The van der Waals surface area contributed by atoms with Gasteiger partial charge in [-0.05, 0) is 67.1 Å². The van der Waals surface area contributed by atoms with Gasteiger partial charge in [-0.15, -0.1) is 0 Å². The van der Waals surface area contributed by atoms with E-state index in [4.69, 9.17) is 9.16 Å². The molecule has 0 aliphatic heterocycles. The number of unbranched alkanes of at least 4 members (excludes halogenated alkanes) is 7. The first-order chi connectivity index (χ1) is 14.1. The first kappa shape index (κ1) is 25.4. The van der Waals surface area contributed by atoms with Gasteiger partial charge in [-0.3, -0.25) is 0 Å². The summed E-state index contributed by atoms with van der Waals surface area (Å²) in [6.45, 7) is 12.5. The van der Waals surface area contributed by atoms with Crippen LogP contribution < -0.4 is 4.74 Å². The zero-order valence-corrected chi connectivity index (χ0v) is 21.5. The summed E-state index contributed by atoms with van der Waals surface area (Å²) in [5.41, 5.74) is 1.77. The lowest BCUT2D eigenvalue weighted by atomic mass is 9.89. The molecule has 1 N–H and O–H groups in total. The van der Waals surface area contributed by atoms with Crippen LogP contribution in [0.25, 0.3) is 0 Å². The third-order valence-corrected chi connectivity index (χ3v) is 11.9. The van der Waals surface area contributed by atoms with Crippen molar-refractivity contribution in [3.8, 4) is 5.75 Å². The van der Waals surface area contributed by atoms with Crippen LogP contribution in [0.2, 0.25) is 18.1 Å². The van der Waals surface area contributed by atoms with Crippen LogP contribution in [0, 0.1) is 0 Å². The molecule has 0 fully saturated rings. The highest BCUT2D eigenvalue weighted by atomic mass is 28.4. The Morgan fingerprint density at radius 1 is 0.967 bits per heavy atom. The van der Waals surface area contributed by atoms with Gasteiger partial charge < -0.3 is 14.3 Å². The zero-order valence-electron chi connectivity index (χ0n) is 20.5. The van der Waals surface area contributed by atoms with Crippen molar-refractivity contribution in [1.82, 2.24) is 0 Å². The van der Waals surface area contributed by atoms with Crippen molar-refractivity contribution in [3.05, 3.63) is 29.3 Å². The molecule has 172 valence electrons. The fourth-order valence-electron chi connectivity index (χ4n) is 4.22. The first-order valence-corrected chi connectivity index (χ1v) is 15.0. The van der Waals surface area contributed by atoms with E-state index >= 15 is 0 Å². The molecular weight excluding hydrogens is 388 g/mol. The fraction of sp³-hybridized carbons (Fsp3) is 0.769. The molecule has 1 unspecified atom stereocenters. The standard InChI is InChI=1S/C26H46O3Si/c1-25(2,3)30(5,6)29-20-14-12-10-8-7-9-11-13-18-26(27)19-17-22-21-23(28-4)15-16-24(22)26/h15-16,21,27H,7-14,17-20H2,1-6H3. The topological polar surface area (TPSA) is 38.7 Å². The lowest BCUT2D eigenvalue weighted by Gasteiger charge is -2.36. The summed E-state index contributed by atoms with van der Waals surface area (Å²) in [6, 6.07) is 6.13. The second kappa shape index (κ2) is 11.1. The Bertz CT molecular complexity index is 650. The van der Waals surface area contributed by atoms with Crippen LogP contribution in [-0.2, 0) is 16.4 Å². The minimum absolute atomic E-state index is 0.313. The summed E-state index contributed by atoms with van der Waals surface area (Å²) in [7, 11) is 0.134. The van der Waals surface area contributed by atoms with Crippen molar-refractivity contribution in [2.45, 2.75) is 115 Å². The SMILES string of the molecule is COc1ccc2c(c1)CCC2(O)CCCCCCCCCCO[Si](C)(C)C(C)(C)C. The van der Waals surface area contributed by atoms with E-state index in [9.17, 15) is 5.11 Å². The monoisotopic (exact) mass is 434 g/mol. The van der Waals surface area contributed by atoms with Crippen molar-refractivity contribution in [3.63, 3.8) is 0 Å². The van der Waals surface area contributed by atoms with Crippen molar-refractivity contribution in [1.29, 1.82) is 0 Å². The molecule has 0 bridgehead atoms. The maximum Gasteiger partial charge on any atom is 0.191 e. The minimum Gasteiger partial charge on any atom is -0.497 e. The molecule has 1 aliphatic carbocycles. The Kier molecular flexibility index (Phi) is 9.45. The van der Waals surface area contributed by atoms with Gasteiger partial charge in [0.1, 0.15) is 5.75 Å². The first-order valence-electron chi connectivity index (χ1n) is 12.1. The molecule has 0 saturated heterocycles. The molecule has 30 heavy (non-hydrogen) atoms. The maximum atomic E-state index is 11.1. The molecule has 3 nitrogen and oxygen atoms in total. The molecule has 1 aliphatic rings. The lowest BCUT2D eigenvalue weighted by molar-refractivity contribution is 0.0267. The van der Waals surface area contributed by atoms with Crippen LogP contribution in [0.1, 0.15) is 96.1 Å². The summed E-state index contributed by atoms with van der Waals surface area (Å²) in [4.78, 5) is 0. The fourth-order valence-corrected chi connectivity index (χ4v) is 5.31. The average Bonchev–Trinajstić information content (AvgIpc) is 3.01. The second-order valence-electron chi connectivity index (χ2n) is 10.7. The molecule has 0 radical (unpaired) electrons. The van der Waals surface area contributed by atoms with Crippen molar-refractivity contribution in [2.24, 2.45) is 0 Å². The maximum absolute atomic E-state index is 11.1. The van der Waals surface area contributed by atoms with E-state index in [1.807, 2.05) is 6.07 Å². The summed E-state index contributed by atoms with van der Waals surface area (Å²) in [5.74, 6) is 0.893. The lowest BCUT2D eigenvalue weighted by Crippen LogP contribution is -2.40. The molecule has 0 amide bonds. The highest BCUT2D eigenvalue weighted by molar-refractivity contribution is 6.74. The molecule has 1 aromatic rings. The molecule has 0 saturated carbocycles. The van der Waals surface area contributed by atoms with Gasteiger partial charge >= 0.3 is 0 Å². The Hall–Kier alpha value is -0.843. The Balaban J connectivity index is 1.51. The molecule has 0 spiro atoms. The third-order valence-electron chi connectivity index (χ3n) is 7.38. The molecule has 0 aromatic heterocycles. The predicted octanol–water partition coefficient (Wildman–Crippen LogP) is 7.36. The van der Waals surface area contributed by atoms with Crippen LogP contribution in [-0.4, -0.2) is 27.1 Å². The molecule has 1 aromatic carbocycles. The average molecular weight is 435 g/mol. The van der Waals surface area contributed by atoms with E-state index in [0.717, 1.165) is 43.6 Å². The second-order valence-corrected chi connectivity index (χ2v) is 15.6. The summed E-state index contributed by atoms with van der Waals surface area (Å²) in [6.07, 6.45) is 12.8. The molecule has 2 rings (SSSR count). The number of aliphatic hydroxyl groups is 1. The number of hydrogen-bond donors (Lipinski definition) is 1. The van der Waals surface area contributed by atoms with E-state index in [1.165, 1.54) is 50.5 Å². The molecule has 1 atom stereocenters. The van der Waals surface area contributed by atoms with Gasteiger partial charge in [-0.1, -0.05) is 71.8 Å². The highest BCUT2D eigenvalue weighted by Gasteiger charge is 2.37. The van der Waals surface area contributed by atoms with Crippen molar-refractivity contribution in [2.75, 3.05) is 13.7 Å². The van der Waals surface area contributed by atoms with E-state index in [1.54, 1.807) is 7.11 Å².